The Balaban J connectivity index is 1.86. The van der Waals surface area contributed by atoms with Gasteiger partial charge in [-0.05, 0) is 43.9 Å². The van der Waals surface area contributed by atoms with E-state index in [-0.39, 0.29) is 17.8 Å². The second-order valence-corrected chi connectivity index (χ2v) is 8.17. The van der Waals surface area contributed by atoms with Crippen molar-refractivity contribution in [3.63, 3.8) is 0 Å². The molecule has 26 heavy (non-hydrogen) atoms. The normalized spacial score (nSPS) is 18.8. The van der Waals surface area contributed by atoms with Crippen LogP contribution in [-0.4, -0.2) is 17.3 Å². The highest BCUT2D eigenvalue weighted by Crippen LogP contribution is 2.38. The summed E-state index contributed by atoms with van der Waals surface area (Å²) < 4.78 is 18.2. The van der Waals surface area contributed by atoms with Gasteiger partial charge in [0.05, 0.1) is 23.8 Å². The summed E-state index contributed by atoms with van der Waals surface area (Å²) in [7, 11) is 0.185. The van der Waals surface area contributed by atoms with Crippen molar-refractivity contribution in [3.8, 4) is 0 Å². The quantitative estimate of drug-likeness (QED) is 0.709. The maximum Gasteiger partial charge on any atom is 0.309 e. The lowest BCUT2D eigenvalue weighted by molar-refractivity contribution is -0.146. The lowest BCUT2D eigenvalue weighted by Gasteiger charge is -2.24. The van der Waals surface area contributed by atoms with E-state index in [1.54, 1.807) is 0 Å². The predicted octanol–water partition coefficient (Wildman–Crippen LogP) is 4.43. The van der Waals surface area contributed by atoms with Gasteiger partial charge in [-0.15, -0.1) is 0 Å². The van der Waals surface area contributed by atoms with Gasteiger partial charge in [0.2, 0.25) is 0 Å². The maximum atomic E-state index is 13.1. The number of methoxy groups -OCH3 is 1. The number of benzene rings is 2. The fourth-order valence-corrected chi connectivity index (χ4v) is 5.00. The first-order chi connectivity index (χ1) is 12.6. The minimum atomic E-state index is -1.24. The molecule has 0 spiro atoms. The summed E-state index contributed by atoms with van der Waals surface area (Å²) in [6, 6.07) is 17.7. The van der Waals surface area contributed by atoms with E-state index in [1.807, 2.05) is 67.6 Å². The van der Waals surface area contributed by atoms with Gasteiger partial charge < -0.3 is 4.74 Å². The summed E-state index contributed by atoms with van der Waals surface area (Å²) in [4.78, 5) is 14.2. The van der Waals surface area contributed by atoms with Crippen LogP contribution in [0.25, 0.3) is 0 Å². The topological polar surface area (TPSA) is 43.4 Å². The number of aryl methyl sites for hydroxylation is 1. The fraction of sp³-hybridized carbons (Fsp3) is 0.318. The summed E-state index contributed by atoms with van der Waals surface area (Å²) in [5.41, 5.74) is 2.23. The van der Waals surface area contributed by atoms with Crippen LogP contribution >= 0.6 is 0 Å². The summed E-state index contributed by atoms with van der Waals surface area (Å²) in [5.74, 6) is -0.595. The summed E-state index contributed by atoms with van der Waals surface area (Å²) in [5, 5.41) is 0. The van der Waals surface area contributed by atoms with Crippen LogP contribution in [-0.2, 0) is 26.8 Å². The van der Waals surface area contributed by atoms with E-state index < -0.39 is 10.8 Å². The monoisotopic (exact) mass is 368 g/mol. The SMILES string of the molecule is COC(=O)[C@H](Cc1ccccc1)[C@H]1CCC=C1[S@@](=O)c1ccc(C)cc1. The Bertz CT molecular complexity index is 809. The first-order valence-corrected chi connectivity index (χ1v) is 10.1. The lowest BCUT2D eigenvalue weighted by atomic mass is 9.86. The van der Waals surface area contributed by atoms with Crippen LogP contribution in [0.15, 0.2) is 70.5 Å². The zero-order valence-electron chi connectivity index (χ0n) is 15.2. The molecule has 0 bridgehead atoms. The van der Waals surface area contributed by atoms with Gasteiger partial charge in [0.25, 0.3) is 0 Å². The van der Waals surface area contributed by atoms with Crippen LogP contribution in [0, 0.1) is 18.8 Å². The molecular weight excluding hydrogens is 344 g/mol. The third-order valence-electron chi connectivity index (χ3n) is 4.93. The fourth-order valence-electron chi connectivity index (χ4n) is 3.52. The zero-order chi connectivity index (χ0) is 18.5. The Labute approximate surface area is 157 Å². The number of allylic oxidation sites excluding steroid dienone is 2. The first kappa shape index (κ1) is 18.6. The number of esters is 1. The van der Waals surface area contributed by atoms with E-state index >= 15 is 0 Å². The van der Waals surface area contributed by atoms with Crippen LogP contribution in [0.3, 0.4) is 0 Å². The summed E-state index contributed by atoms with van der Waals surface area (Å²) in [6.07, 6.45) is 4.32. The molecule has 0 heterocycles. The van der Waals surface area contributed by atoms with E-state index in [9.17, 15) is 9.00 Å². The predicted molar refractivity (Wildman–Crippen MR) is 104 cm³/mol. The van der Waals surface area contributed by atoms with Crippen molar-refractivity contribution in [2.24, 2.45) is 11.8 Å². The van der Waals surface area contributed by atoms with E-state index in [4.69, 9.17) is 4.74 Å². The Kier molecular flexibility index (Phi) is 6.04. The Morgan fingerprint density at radius 1 is 1.15 bits per heavy atom. The van der Waals surface area contributed by atoms with Gasteiger partial charge in [-0.3, -0.25) is 4.79 Å². The highest BCUT2D eigenvalue weighted by Gasteiger charge is 2.36. The van der Waals surface area contributed by atoms with E-state index in [0.29, 0.717) is 6.42 Å². The average molecular weight is 368 g/mol. The minimum Gasteiger partial charge on any atom is -0.469 e. The Morgan fingerprint density at radius 2 is 1.85 bits per heavy atom. The molecule has 0 unspecified atom stereocenters. The van der Waals surface area contributed by atoms with Gasteiger partial charge in [-0.25, -0.2) is 4.21 Å². The molecule has 0 saturated heterocycles. The Morgan fingerprint density at radius 3 is 2.50 bits per heavy atom. The molecule has 0 saturated carbocycles. The van der Waals surface area contributed by atoms with E-state index in [2.05, 4.69) is 0 Å². The van der Waals surface area contributed by atoms with Crippen LogP contribution in [0.1, 0.15) is 24.0 Å². The molecule has 136 valence electrons. The molecule has 1 aliphatic rings. The molecule has 1 aliphatic carbocycles. The third kappa shape index (κ3) is 4.13. The second-order valence-electron chi connectivity index (χ2n) is 6.69. The van der Waals surface area contributed by atoms with Crippen molar-refractivity contribution < 1.29 is 13.7 Å². The van der Waals surface area contributed by atoms with Gasteiger partial charge in [0, 0.05) is 15.7 Å². The summed E-state index contributed by atoms with van der Waals surface area (Å²) in [6.45, 7) is 2.01. The molecule has 3 atom stereocenters. The van der Waals surface area contributed by atoms with Crippen molar-refractivity contribution in [2.75, 3.05) is 7.11 Å². The van der Waals surface area contributed by atoms with Crippen molar-refractivity contribution in [1.82, 2.24) is 0 Å². The molecule has 0 N–H and O–H groups in total. The largest absolute Gasteiger partial charge is 0.469 e. The number of hydrogen-bond acceptors (Lipinski definition) is 3. The molecule has 0 amide bonds. The van der Waals surface area contributed by atoms with Crippen molar-refractivity contribution in [1.29, 1.82) is 0 Å². The van der Waals surface area contributed by atoms with Crippen molar-refractivity contribution in [3.05, 3.63) is 76.7 Å². The number of hydrogen-bond donors (Lipinski definition) is 0. The first-order valence-electron chi connectivity index (χ1n) is 8.90. The lowest BCUT2D eigenvalue weighted by Crippen LogP contribution is -2.28. The minimum absolute atomic E-state index is 0.0511. The molecule has 0 aliphatic heterocycles. The van der Waals surface area contributed by atoms with E-state index in [0.717, 1.165) is 33.8 Å². The Hall–Kier alpha value is -2.20. The smallest absolute Gasteiger partial charge is 0.309 e. The highest BCUT2D eigenvalue weighted by atomic mass is 32.2. The molecular formula is C22H24O3S. The van der Waals surface area contributed by atoms with Gasteiger partial charge in [0.1, 0.15) is 0 Å². The van der Waals surface area contributed by atoms with Crippen molar-refractivity contribution >= 4 is 16.8 Å². The number of rotatable bonds is 6. The zero-order valence-corrected chi connectivity index (χ0v) is 16.0. The average Bonchev–Trinajstić information content (AvgIpc) is 3.16. The van der Waals surface area contributed by atoms with Crippen LogP contribution in [0.5, 0.6) is 0 Å². The molecule has 4 heteroatoms. The van der Waals surface area contributed by atoms with E-state index in [1.165, 1.54) is 7.11 Å². The molecule has 3 rings (SSSR count). The molecule has 3 nitrogen and oxygen atoms in total. The van der Waals surface area contributed by atoms with Gasteiger partial charge in [0.15, 0.2) is 0 Å². The molecule has 0 aromatic heterocycles. The number of carbonyl (C=O) groups excluding carboxylic acids is 1. The third-order valence-corrected chi connectivity index (χ3v) is 6.52. The second kappa shape index (κ2) is 8.45. The standard InChI is InChI=1S/C22H24O3S/c1-16-11-13-18(14-12-16)26(24)21-10-6-9-19(21)20(22(23)25-2)15-17-7-4-3-5-8-17/h3-5,7-8,10-14,19-20H,6,9,15H2,1-2H3/t19-,20-,26+/m1/s1. The van der Waals surface area contributed by atoms with Crippen molar-refractivity contribution in [2.45, 2.75) is 31.1 Å². The highest BCUT2D eigenvalue weighted by molar-refractivity contribution is 7.89. The number of carbonyl (C=O) groups is 1. The van der Waals surface area contributed by atoms with Gasteiger partial charge in [-0.2, -0.15) is 0 Å². The molecule has 0 fully saturated rings. The maximum absolute atomic E-state index is 13.1. The van der Waals surface area contributed by atoms with Gasteiger partial charge >= 0.3 is 5.97 Å². The number of ether oxygens (including phenoxy) is 1. The van der Waals surface area contributed by atoms with Crippen LogP contribution in [0.2, 0.25) is 0 Å². The van der Waals surface area contributed by atoms with Crippen LogP contribution < -0.4 is 0 Å². The molecule has 0 radical (unpaired) electrons. The van der Waals surface area contributed by atoms with Gasteiger partial charge in [-0.1, -0.05) is 54.1 Å². The van der Waals surface area contributed by atoms with Crippen LogP contribution in [0.4, 0.5) is 0 Å². The summed E-state index contributed by atoms with van der Waals surface area (Å²) >= 11 is 0. The molecule has 2 aromatic rings. The molecule has 2 aromatic carbocycles.